The van der Waals surface area contributed by atoms with Gasteiger partial charge in [0.25, 0.3) is 0 Å². The third-order valence-electron chi connectivity index (χ3n) is 1.20. The van der Waals surface area contributed by atoms with Crippen molar-refractivity contribution in [2.75, 3.05) is 0 Å². The van der Waals surface area contributed by atoms with E-state index in [2.05, 4.69) is 12.6 Å². The third-order valence-corrected chi connectivity index (χ3v) is 1.50. The summed E-state index contributed by atoms with van der Waals surface area (Å²) >= 11 is 4.04. The molecule has 0 atom stereocenters. The number of thiol groups is 1. The summed E-state index contributed by atoms with van der Waals surface area (Å²) in [6.07, 6.45) is 0. The van der Waals surface area contributed by atoms with Crippen molar-refractivity contribution in [2.45, 2.75) is 4.90 Å². The Labute approximate surface area is 88.7 Å². The zero-order chi connectivity index (χ0) is 7.94. The average molecular weight is 221 g/mol. The Morgan fingerprint density at radius 3 is 1.58 bits per heavy atom. The zero-order valence-electron chi connectivity index (χ0n) is 6.46. The van der Waals surface area contributed by atoms with Crippen molar-refractivity contribution in [1.29, 1.82) is 0 Å². The van der Waals surface area contributed by atoms with E-state index >= 15 is 0 Å². The first kappa shape index (κ1) is 11.5. The molecule has 0 heterocycles. The van der Waals surface area contributed by atoms with Gasteiger partial charge in [-0.3, -0.25) is 0 Å². The van der Waals surface area contributed by atoms with Crippen molar-refractivity contribution < 1.29 is 16.5 Å². The van der Waals surface area contributed by atoms with Gasteiger partial charge in [-0.25, -0.2) is 36.9 Å². The molecule has 0 radical (unpaired) electrons. The van der Waals surface area contributed by atoms with Crippen molar-refractivity contribution in [3.8, 4) is 0 Å². The summed E-state index contributed by atoms with van der Waals surface area (Å²) in [6.45, 7) is 0. The minimum atomic E-state index is 0. The van der Waals surface area contributed by atoms with Crippen LogP contribution in [0.25, 0.3) is 0 Å². The number of hydrogen-bond donors (Lipinski definition) is 1. The molecule has 12 heavy (non-hydrogen) atoms. The van der Waals surface area contributed by atoms with Crippen LogP contribution in [0.1, 0.15) is 0 Å². The second-order valence-electron chi connectivity index (χ2n) is 2.11. The topological polar surface area (TPSA) is 0 Å². The minimum Gasteiger partial charge on any atom is -0.214 e. The Morgan fingerprint density at radius 1 is 0.917 bits per heavy atom. The molecule has 0 nitrogen and oxygen atoms in total. The molecular formula is C10H10NiS. The van der Waals surface area contributed by atoms with Gasteiger partial charge in [0.05, 0.1) is 0 Å². The van der Waals surface area contributed by atoms with Crippen LogP contribution in [0.15, 0.2) is 59.5 Å². The summed E-state index contributed by atoms with van der Waals surface area (Å²) in [7, 11) is 0. The summed E-state index contributed by atoms with van der Waals surface area (Å²) in [5.41, 5.74) is 0. The van der Waals surface area contributed by atoms with Gasteiger partial charge in [0.15, 0.2) is 0 Å². The van der Waals surface area contributed by atoms with Gasteiger partial charge in [-0.05, 0) is 0 Å². The molecule has 0 unspecified atom stereocenters. The maximum Gasteiger partial charge on any atom is 2.00 e. The fraction of sp³-hybridized carbons (Fsp3) is 0. The molecule has 0 aliphatic heterocycles. The summed E-state index contributed by atoms with van der Waals surface area (Å²) in [4.78, 5) is 1.04. The fourth-order valence-corrected chi connectivity index (χ4v) is 0.857. The molecule has 2 aromatic carbocycles. The molecule has 0 fully saturated rings. The van der Waals surface area contributed by atoms with E-state index in [0.29, 0.717) is 0 Å². The minimum absolute atomic E-state index is 0. The Bertz CT molecular complexity index is 228. The van der Waals surface area contributed by atoms with E-state index < -0.39 is 0 Å². The normalized spacial score (nSPS) is 7.75. The van der Waals surface area contributed by atoms with E-state index in [1.807, 2.05) is 54.6 Å². The zero-order valence-corrected chi connectivity index (χ0v) is 8.34. The molecule has 0 amide bonds. The summed E-state index contributed by atoms with van der Waals surface area (Å²) in [6, 6.07) is 17.8. The van der Waals surface area contributed by atoms with Gasteiger partial charge in [0.1, 0.15) is 0 Å². The van der Waals surface area contributed by atoms with Gasteiger partial charge >= 0.3 is 16.5 Å². The van der Waals surface area contributed by atoms with E-state index in [1.165, 1.54) is 0 Å². The Kier molecular flexibility index (Phi) is 6.93. The molecule has 0 aliphatic carbocycles. The van der Waals surface area contributed by atoms with Gasteiger partial charge in [0.2, 0.25) is 0 Å². The van der Waals surface area contributed by atoms with Crippen LogP contribution in [0.5, 0.6) is 0 Å². The monoisotopic (exact) mass is 220 g/mol. The maximum atomic E-state index is 4.04. The van der Waals surface area contributed by atoms with Crippen molar-refractivity contribution in [3.05, 3.63) is 54.6 Å². The first-order valence-corrected chi connectivity index (χ1v) is 3.91. The largest absolute Gasteiger partial charge is 2.00 e. The Balaban J connectivity index is 0.000000189. The second kappa shape index (κ2) is 7.21. The molecule has 66 valence electrons. The first-order chi connectivity index (χ1) is 5.39. The average Bonchev–Trinajstić information content (AvgIpc) is 2.57. The van der Waals surface area contributed by atoms with Crippen LogP contribution in [0.3, 0.4) is 0 Å². The first-order valence-electron chi connectivity index (χ1n) is 3.47. The van der Waals surface area contributed by atoms with Crippen LogP contribution in [0.4, 0.5) is 0 Å². The third kappa shape index (κ3) is 5.23. The number of hydrogen-bond acceptors (Lipinski definition) is 1. The van der Waals surface area contributed by atoms with Crippen molar-refractivity contribution >= 4 is 12.6 Å². The molecule has 0 saturated heterocycles. The van der Waals surface area contributed by atoms with E-state index in [0.717, 1.165) is 4.90 Å². The summed E-state index contributed by atoms with van der Waals surface area (Å²) in [5.74, 6) is 0. The van der Waals surface area contributed by atoms with Gasteiger partial charge in [-0.1, -0.05) is 0 Å². The molecular weight excluding hydrogens is 211 g/mol. The predicted octanol–water partition coefficient (Wildman–Crippen LogP) is 3.10. The Hall–Kier alpha value is -0.456. The molecule has 0 bridgehead atoms. The molecule has 0 N–H and O–H groups in total. The van der Waals surface area contributed by atoms with E-state index in [1.54, 1.807) is 0 Å². The summed E-state index contributed by atoms with van der Waals surface area (Å²) < 4.78 is 0. The molecule has 0 saturated carbocycles. The van der Waals surface area contributed by atoms with Crippen LogP contribution < -0.4 is 0 Å². The molecule has 2 rings (SSSR count). The molecule has 2 aromatic rings. The standard InChI is InChI=1S/C5H5S.C5H5.Ni/c6-5-3-1-2-4-5;1-2-4-5-3-1;/h1-4,6H;1-5H;/q2*-1;+2. The van der Waals surface area contributed by atoms with Crippen LogP contribution in [0.2, 0.25) is 0 Å². The Morgan fingerprint density at radius 2 is 1.42 bits per heavy atom. The number of rotatable bonds is 0. The van der Waals surface area contributed by atoms with Gasteiger partial charge < -0.3 is 0 Å². The maximum absolute atomic E-state index is 4.04. The van der Waals surface area contributed by atoms with E-state index in [-0.39, 0.29) is 16.5 Å². The van der Waals surface area contributed by atoms with Crippen LogP contribution in [-0.4, -0.2) is 0 Å². The van der Waals surface area contributed by atoms with E-state index in [9.17, 15) is 0 Å². The quantitative estimate of drug-likeness (QED) is 0.394. The molecule has 0 aliphatic rings. The van der Waals surface area contributed by atoms with Crippen LogP contribution >= 0.6 is 12.6 Å². The van der Waals surface area contributed by atoms with Crippen molar-refractivity contribution in [2.24, 2.45) is 0 Å². The molecule has 0 aromatic heterocycles. The van der Waals surface area contributed by atoms with Gasteiger partial charge in [0, 0.05) is 0 Å². The van der Waals surface area contributed by atoms with Crippen molar-refractivity contribution in [3.63, 3.8) is 0 Å². The fourth-order valence-electron chi connectivity index (χ4n) is 0.685. The van der Waals surface area contributed by atoms with Crippen LogP contribution in [0, 0.1) is 0 Å². The van der Waals surface area contributed by atoms with Gasteiger partial charge in [-0.2, -0.15) is 30.3 Å². The van der Waals surface area contributed by atoms with Gasteiger partial charge in [-0.15, -0.1) is 4.90 Å². The summed E-state index contributed by atoms with van der Waals surface area (Å²) in [5, 5.41) is 0. The predicted molar refractivity (Wildman–Crippen MR) is 51.3 cm³/mol. The van der Waals surface area contributed by atoms with Crippen LogP contribution in [-0.2, 0) is 16.5 Å². The smallest absolute Gasteiger partial charge is 0.214 e. The van der Waals surface area contributed by atoms with E-state index in [4.69, 9.17) is 0 Å². The van der Waals surface area contributed by atoms with Crippen molar-refractivity contribution in [1.82, 2.24) is 0 Å². The SMILES string of the molecule is S[c-]1cccc1.[Ni+2].c1cc[cH-]c1. The molecule has 2 heteroatoms. The molecule has 0 spiro atoms. The second-order valence-corrected chi connectivity index (χ2v) is 2.62.